The van der Waals surface area contributed by atoms with Crippen molar-refractivity contribution in [1.82, 2.24) is 14.3 Å². The molecule has 1 aromatic carbocycles. The standard InChI is InChI=1S/C19H21N3O4S2/c1-26-17-4-2-14(3-5-17)11-21(16-6-9-28(24,25)13-16)12-15-10-18(23)22-7-8-27-19(22)20-15/h2-5,7-8,10,16H,6,9,11-13H2,1H3/t16-/m1/s1. The normalized spacial score (nSPS) is 18.7. The molecule has 28 heavy (non-hydrogen) atoms. The average Bonchev–Trinajstić information content (AvgIpc) is 3.28. The van der Waals surface area contributed by atoms with E-state index < -0.39 is 9.84 Å². The highest BCUT2D eigenvalue weighted by atomic mass is 32.2. The van der Waals surface area contributed by atoms with Gasteiger partial charge < -0.3 is 4.74 Å². The molecule has 4 rings (SSSR count). The van der Waals surface area contributed by atoms with Crippen LogP contribution in [0.5, 0.6) is 5.75 Å². The van der Waals surface area contributed by atoms with Gasteiger partial charge in [0.1, 0.15) is 5.75 Å². The minimum absolute atomic E-state index is 0.0873. The van der Waals surface area contributed by atoms with Gasteiger partial charge in [-0.05, 0) is 24.1 Å². The maximum atomic E-state index is 12.3. The lowest BCUT2D eigenvalue weighted by atomic mass is 10.1. The predicted octanol–water partition coefficient (Wildman–Crippen LogP) is 1.95. The van der Waals surface area contributed by atoms with Gasteiger partial charge in [0.05, 0.1) is 24.3 Å². The molecule has 1 saturated heterocycles. The van der Waals surface area contributed by atoms with E-state index in [1.165, 1.54) is 21.8 Å². The molecule has 1 aliphatic rings. The summed E-state index contributed by atoms with van der Waals surface area (Å²) in [6, 6.07) is 9.17. The summed E-state index contributed by atoms with van der Waals surface area (Å²) in [6.45, 7) is 1.01. The van der Waals surface area contributed by atoms with Crippen LogP contribution in [-0.2, 0) is 22.9 Å². The first-order valence-corrected chi connectivity index (χ1v) is 11.7. The minimum Gasteiger partial charge on any atom is -0.497 e. The minimum atomic E-state index is -3.02. The van der Waals surface area contributed by atoms with Crippen molar-refractivity contribution in [3.05, 3.63) is 63.5 Å². The largest absolute Gasteiger partial charge is 0.497 e. The Balaban J connectivity index is 1.62. The fourth-order valence-corrected chi connectivity index (χ4v) is 6.02. The van der Waals surface area contributed by atoms with Crippen LogP contribution in [0.3, 0.4) is 0 Å². The van der Waals surface area contributed by atoms with Crippen LogP contribution < -0.4 is 10.3 Å². The Labute approximate surface area is 167 Å². The molecule has 0 bridgehead atoms. The molecule has 1 aliphatic heterocycles. The van der Waals surface area contributed by atoms with Crippen LogP contribution in [0.1, 0.15) is 17.7 Å². The van der Waals surface area contributed by atoms with Gasteiger partial charge in [-0.1, -0.05) is 12.1 Å². The van der Waals surface area contributed by atoms with Crippen molar-refractivity contribution in [1.29, 1.82) is 0 Å². The van der Waals surface area contributed by atoms with Crippen molar-refractivity contribution in [2.75, 3.05) is 18.6 Å². The van der Waals surface area contributed by atoms with E-state index in [1.54, 1.807) is 13.3 Å². The maximum Gasteiger partial charge on any atom is 0.258 e. The van der Waals surface area contributed by atoms with Gasteiger partial charge >= 0.3 is 0 Å². The van der Waals surface area contributed by atoms with E-state index in [9.17, 15) is 13.2 Å². The molecule has 0 amide bonds. The van der Waals surface area contributed by atoms with Gasteiger partial charge in [-0.3, -0.25) is 14.1 Å². The molecular weight excluding hydrogens is 398 g/mol. The molecule has 1 atom stereocenters. The highest BCUT2D eigenvalue weighted by Crippen LogP contribution is 2.23. The van der Waals surface area contributed by atoms with Gasteiger partial charge in [0.25, 0.3) is 5.56 Å². The Bertz CT molecular complexity index is 1140. The number of hydrogen-bond acceptors (Lipinski definition) is 7. The first kappa shape index (κ1) is 19.1. The van der Waals surface area contributed by atoms with Crippen molar-refractivity contribution >= 4 is 26.1 Å². The van der Waals surface area contributed by atoms with Crippen LogP contribution in [-0.4, -0.2) is 47.4 Å². The molecule has 0 saturated carbocycles. The zero-order valence-electron chi connectivity index (χ0n) is 15.4. The van der Waals surface area contributed by atoms with Crippen LogP contribution in [0.25, 0.3) is 4.96 Å². The lowest BCUT2D eigenvalue weighted by molar-refractivity contribution is 0.192. The van der Waals surface area contributed by atoms with Crippen LogP contribution in [0.2, 0.25) is 0 Å². The number of benzene rings is 1. The second-order valence-electron chi connectivity index (χ2n) is 6.95. The monoisotopic (exact) mass is 419 g/mol. The van der Waals surface area contributed by atoms with Gasteiger partial charge in [-0.2, -0.15) is 0 Å². The number of nitrogens with zero attached hydrogens (tertiary/aromatic N) is 3. The van der Waals surface area contributed by atoms with Gasteiger partial charge in [0, 0.05) is 36.8 Å². The first-order valence-electron chi connectivity index (χ1n) is 8.97. The molecule has 2 aromatic heterocycles. The molecule has 9 heteroatoms. The van der Waals surface area contributed by atoms with Crippen LogP contribution in [0.4, 0.5) is 0 Å². The third kappa shape index (κ3) is 4.11. The summed E-state index contributed by atoms with van der Waals surface area (Å²) in [5.41, 5.74) is 1.59. The molecule has 148 valence electrons. The SMILES string of the molecule is COc1ccc(CN(Cc2cc(=O)n3ccsc3n2)[C@@H]2CCS(=O)(=O)C2)cc1. The molecule has 1 fully saturated rings. The van der Waals surface area contributed by atoms with Crippen molar-refractivity contribution < 1.29 is 13.2 Å². The summed E-state index contributed by atoms with van der Waals surface area (Å²) >= 11 is 1.41. The number of methoxy groups -OCH3 is 1. The average molecular weight is 420 g/mol. The van der Waals surface area contributed by atoms with Gasteiger partial charge in [-0.25, -0.2) is 13.4 Å². The molecule has 0 spiro atoms. The lowest BCUT2D eigenvalue weighted by Crippen LogP contribution is -2.36. The summed E-state index contributed by atoms with van der Waals surface area (Å²) in [5.74, 6) is 1.12. The second-order valence-corrected chi connectivity index (χ2v) is 10.1. The number of aromatic nitrogens is 2. The van der Waals surface area contributed by atoms with Crippen LogP contribution >= 0.6 is 11.3 Å². The number of thiazole rings is 1. The van der Waals surface area contributed by atoms with Gasteiger partial charge in [0.15, 0.2) is 14.8 Å². The van der Waals surface area contributed by atoms with E-state index >= 15 is 0 Å². The van der Waals surface area contributed by atoms with Crippen molar-refractivity contribution in [3.8, 4) is 5.75 Å². The van der Waals surface area contributed by atoms with Crippen LogP contribution in [0, 0.1) is 0 Å². The van der Waals surface area contributed by atoms with Crippen LogP contribution in [0.15, 0.2) is 46.7 Å². The molecule has 0 N–H and O–H groups in total. The fourth-order valence-electron chi connectivity index (χ4n) is 3.52. The molecule has 0 aliphatic carbocycles. The predicted molar refractivity (Wildman–Crippen MR) is 109 cm³/mol. The maximum absolute atomic E-state index is 12.3. The number of ether oxygens (including phenoxy) is 1. The zero-order valence-corrected chi connectivity index (χ0v) is 17.1. The zero-order chi connectivity index (χ0) is 19.7. The molecule has 7 nitrogen and oxygen atoms in total. The second kappa shape index (κ2) is 7.65. The number of hydrogen-bond donors (Lipinski definition) is 0. The summed E-state index contributed by atoms with van der Waals surface area (Å²) < 4.78 is 30.8. The van der Waals surface area contributed by atoms with E-state index in [-0.39, 0.29) is 23.1 Å². The molecule has 0 unspecified atom stereocenters. The molecular formula is C19H21N3O4S2. The van der Waals surface area contributed by atoms with E-state index in [0.29, 0.717) is 30.2 Å². The van der Waals surface area contributed by atoms with Crippen molar-refractivity contribution in [3.63, 3.8) is 0 Å². The van der Waals surface area contributed by atoms with Crippen molar-refractivity contribution in [2.45, 2.75) is 25.6 Å². The third-order valence-electron chi connectivity index (χ3n) is 4.99. The molecule has 0 radical (unpaired) electrons. The highest BCUT2D eigenvalue weighted by molar-refractivity contribution is 7.91. The lowest BCUT2D eigenvalue weighted by Gasteiger charge is -2.27. The Morgan fingerprint density at radius 3 is 2.75 bits per heavy atom. The molecule has 3 heterocycles. The first-order chi connectivity index (χ1) is 13.4. The van der Waals surface area contributed by atoms with Crippen molar-refractivity contribution in [2.24, 2.45) is 0 Å². The quantitative estimate of drug-likeness (QED) is 0.608. The topological polar surface area (TPSA) is 81.0 Å². The van der Waals surface area contributed by atoms with E-state index in [0.717, 1.165) is 11.3 Å². The smallest absolute Gasteiger partial charge is 0.258 e. The Morgan fingerprint density at radius 1 is 1.29 bits per heavy atom. The molecule has 3 aromatic rings. The Hall–Kier alpha value is -2.23. The Kier molecular flexibility index (Phi) is 5.22. The summed E-state index contributed by atoms with van der Waals surface area (Å²) in [6.07, 6.45) is 2.30. The number of fused-ring (bicyclic) bond motifs is 1. The fraction of sp³-hybridized carbons (Fsp3) is 0.368. The van der Waals surface area contributed by atoms with Gasteiger partial charge in [-0.15, -0.1) is 11.3 Å². The third-order valence-corrected chi connectivity index (χ3v) is 7.50. The van der Waals surface area contributed by atoms with E-state index in [2.05, 4.69) is 9.88 Å². The van der Waals surface area contributed by atoms with E-state index in [4.69, 9.17) is 4.74 Å². The summed E-state index contributed by atoms with van der Waals surface area (Å²) in [5, 5.41) is 1.83. The van der Waals surface area contributed by atoms with E-state index in [1.807, 2.05) is 29.6 Å². The van der Waals surface area contributed by atoms with Gasteiger partial charge in [0.2, 0.25) is 0 Å². The summed E-state index contributed by atoms with van der Waals surface area (Å²) in [4.78, 5) is 19.6. The highest BCUT2D eigenvalue weighted by Gasteiger charge is 2.32. The number of rotatable bonds is 6. The number of sulfone groups is 1. The summed E-state index contributed by atoms with van der Waals surface area (Å²) in [7, 11) is -1.39. The Morgan fingerprint density at radius 2 is 2.07 bits per heavy atom.